The lowest BCUT2D eigenvalue weighted by Gasteiger charge is -2.15. The number of benzene rings is 3. The highest BCUT2D eigenvalue weighted by molar-refractivity contribution is 7.92. The van der Waals surface area contributed by atoms with Crippen molar-refractivity contribution in [1.29, 1.82) is 0 Å². The molecule has 0 spiro atoms. The van der Waals surface area contributed by atoms with E-state index >= 15 is 0 Å². The number of amides is 2. The van der Waals surface area contributed by atoms with Crippen molar-refractivity contribution in [1.82, 2.24) is 0 Å². The molecule has 0 atom stereocenters. The van der Waals surface area contributed by atoms with Crippen LogP contribution in [-0.2, 0) is 10.0 Å². The first kappa shape index (κ1) is 17.9. The number of carbonyl (C=O) groups excluding carboxylic acids is 2. The number of fused-ring (bicyclic) bond motifs is 1. The zero-order chi connectivity index (χ0) is 19.9. The summed E-state index contributed by atoms with van der Waals surface area (Å²) >= 11 is 0. The maximum Gasteiger partial charge on any atom is 0.266 e. The zero-order valence-corrected chi connectivity index (χ0v) is 15.7. The lowest BCUT2D eigenvalue weighted by Crippen LogP contribution is -2.29. The van der Waals surface area contributed by atoms with E-state index in [1.54, 1.807) is 42.5 Å². The number of nitrogens with one attached hydrogen (secondary N) is 1. The average molecular weight is 392 g/mol. The first-order valence-electron chi connectivity index (χ1n) is 8.54. The minimum Gasteiger partial charge on any atom is -0.280 e. The standard InChI is InChI=1S/C21H16N2O4S/c1-14-5-4-6-15(13-14)22-28(26,27)17-11-9-16(10-12-17)23-20(24)18-7-2-3-8-19(18)21(23)25/h2-13,22H,1H3. The van der Waals surface area contributed by atoms with Gasteiger partial charge in [-0.2, -0.15) is 0 Å². The highest BCUT2D eigenvalue weighted by Gasteiger charge is 2.36. The van der Waals surface area contributed by atoms with Crippen molar-refractivity contribution >= 4 is 33.2 Å². The van der Waals surface area contributed by atoms with Crippen molar-refractivity contribution in [3.8, 4) is 0 Å². The van der Waals surface area contributed by atoms with Gasteiger partial charge in [0.1, 0.15) is 0 Å². The molecule has 0 unspecified atom stereocenters. The Morgan fingerprint density at radius 1 is 0.786 bits per heavy atom. The van der Waals surface area contributed by atoms with Gasteiger partial charge in [0.25, 0.3) is 21.8 Å². The fourth-order valence-electron chi connectivity index (χ4n) is 3.12. The highest BCUT2D eigenvalue weighted by atomic mass is 32.2. The van der Waals surface area contributed by atoms with Crippen LogP contribution in [0.4, 0.5) is 11.4 Å². The second kappa shape index (κ2) is 6.61. The van der Waals surface area contributed by atoms with Gasteiger partial charge in [0.15, 0.2) is 0 Å². The Morgan fingerprint density at radius 2 is 1.39 bits per heavy atom. The average Bonchev–Trinajstić information content (AvgIpc) is 2.93. The quantitative estimate of drug-likeness (QED) is 0.688. The van der Waals surface area contributed by atoms with Gasteiger partial charge in [-0.05, 0) is 61.0 Å². The molecule has 28 heavy (non-hydrogen) atoms. The Morgan fingerprint density at radius 3 is 1.96 bits per heavy atom. The Hall–Kier alpha value is -3.45. The number of anilines is 2. The molecule has 0 fully saturated rings. The van der Waals surface area contributed by atoms with Crippen LogP contribution in [0.5, 0.6) is 0 Å². The summed E-state index contributed by atoms with van der Waals surface area (Å²) in [5.74, 6) is -0.844. The van der Waals surface area contributed by atoms with Gasteiger partial charge in [0.2, 0.25) is 0 Å². The van der Waals surface area contributed by atoms with E-state index in [4.69, 9.17) is 0 Å². The fraction of sp³-hybridized carbons (Fsp3) is 0.0476. The molecule has 4 rings (SSSR count). The van der Waals surface area contributed by atoms with Crippen molar-refractivity contribution in [2.75, 3.05) is 9.62 Å². The molecule has 6 nitrogen and oxygen atoms in total. The number of nitrogens with zero attached hydrogens (tertiary/aromatic N) is 1. The number of rotatable bonds is 4. The van der Waals surface area contributed by atoms with Gasteiger partial charge in [0, 0.05) is 5.69 Å². The Balaban J connectivity index is 1.61. The third kappa shape index (κ3) is 3.05. The molecule has 0 bridgehead atoms. The molecule has 1 aliphatic heterocycles. The fourth-order valence-corrected chi connectivity index (χ4v) is 4.17. The van der Waals surface area contributed by atoms with Crippen molar-refractivity contribution in [3.05, 3.63) is 89.5 Å². The topological polar surface area (TPSA) is 83.6 Å². The second-order valence-corrected chi connectivity index (χ2v) is 8.14. The first-order chi connectivity index (χ1) is 13.4. The molecule has 0 saturated carbocycles. The van der Waals surface area contributed by atoms with Crippen molar-refractivity contribution < 1.29 is 18.0 Å². The van der Waals surface area contributed by atoms with Crippen LogP contribution in [0.1, 0.15) is 26.3 Å². The van der Waals surface area contributed by atoms with E-state index < -0.39 is 21.8 Å². The molecule has 0 aromatic heterocycles. The number of sulfonamides is 1. The van der Waals surface area contributed by atoms with Gasteiger partial charge in [-0.15, -0.1) is 0 Å². The van der Waals surface area contributed by atoms with E-state index in [1.807, 2.05) is 13.0 Å². The molecule has 0 radical (unpaired) electrons. The van der Waals surface area contributed by atoms with Gasteiger partial charge in [0.05, 0.1) is 21.7 Å². The second-order valence-electron chi connectivity index (χ2n) is 6.46. The molecule has 7 heteroatoms. The molecule has 0 aliphatic carbocycles. The Labute approximate surface area is 162 Å². The summed E-state index contributed by atoms with van der Waals surface area (Å²) in [6.45, 7) is 1.87. The number of imide groups is 1. The van der Waals surface area contributed by atoms with E-state index in [9.17, 15) is 18.0 Å². The SMILES string of the molecule is Cc1cccc(NS(=O)(=O)c2ccc(N3C(=O)c4ccccc4C3=O)cc2)c1. The van der Waals surface area contributed by atoms with Crippen LogP contribution in [-0.4, -0.2) is 20.2 Å². The van der Waals surface area contributed by atoms with Crippen molar-refractivity contribution in [2.45, 2.75) is 11.8 Å². The van der Waals surface area contributed by atoms with Crippen LogP contribution in [0, 0.1) is 6.92 Å². The number of carbonyl (C=O) groups is 2. The van der Waals surface area contributed by atoms with Crippen molar-refractivity contribution in [3.63, 3.8) is 0 Å². The van der Waals surface area contributed by atoms with Gasteiger partial charge < -0.3 is 0 Å². The van der Waals surface area contributed by atoms with Crippen LogP contribution < -0.4 is 9.62 Å². The van der Waals surface area contributed by atoms with E-state index in [0.717, 1.165) is 10.5 Å². The molecule has 0 saturated heterocycles. The molecule has 2 amide bonds. The first-order valence-corrected chi connectivity index (χ1v) is 10.0. The summed E-state index contributed by atoms with van der Waals surface area (Å²) in [5.41, 5.74) is 2.39. The van der Waals surface area contributed by atoms with E-state index in [1.165, 1.54) is 24.3 Å². The zero-order valence-electron chi connectivity index (χ0n) is 14.9. The lowest BCUT2D eigenvalue weighted by atomic mass is 10.1. The van der Waals surface area contributed by atoms with E-state index in [2.05, 4.69) is 4.72 Å². The van der Waals surface area contributed by atoms with Crippen LogP contribution in [0.25, 0.3) is 0 Å². The third-order valence-electron chi connectivity index (χ3n) is 4.47. The van der Waals surface area contributed by atoms with E-state index in [0.29, 0.717) is 22.5 Å². The summed E-state index contributed by atoms with van der Waals surface area (Å²) < 4.78 is 27.7. The summed E-state index contributed by atoms with van der Waals surface area (Å²) in [4.78, 5) is 26.2. The minimum absolute atomic E-state index is 0.0364. The monoisotopic (exact) mass is 392 g/mol. The molecule has 1 aliphatic rings. The molecular formula is C21H16N2O4S. The smallest absolute Gasteiger partial charge is 0.266 e. The Kier molecular flexibility index (Phi) is 4.24. The van der Waals surface area contributed by atoms with Crippen LogP contribution in [0.3, 0.4) is 0 Å². The third-order valence-corrected chi connectivity index (χ3v) is 5.87. The molecule has 1 N–H and O–H groups in total. The van der Waals surface area contributed by atoms with Gasteiger partial charge in [-0.25, -0.2) is 13.3 Å². The maximum atomic E-state index is 12.6. The van der Waals surface area contributed by atoms with Crippen molar-refractivity contribution in [2.24, 2.45) is 0 Å². The van der Waals surface area contributed by atoms with Gasteiger partial charge >= 0.3 is 0 Å². The summed E-state index contributed by atoms with van der Waals surface area (Å²) in [6, 6.07) is 19.3. The highest BCUT2D eigenvalue weighted by Crippen LogP contribution is 2.29. The van der Waals surface area contributed by atoms with Gasteiger partial charge in [-0.3, -0.25) is 14.3 Å². The molecule has 3 aromatic carbocycles. The predicted octanol–water partition coefficient (Wildman–Crippen LogP) is 3.60. The van der Waals surface area contributed by atoms with Gasteiger partial charge in [-0.1, -0.05) is 24.3 Å². The molecular weight excluding hydrogens is 376 g/mol. The largest absolute Gasteiger partial charge is 0.280 e. The molecule has 3 aromatic rings. The Bertz CT molecular complexity index is 1170. The summed E-state index contributed by atoms with van der Waals surface area (Å²) in [6.07, 6.45) is 0. The summed E-state index contributed by atoms with van der Waals surface area (Å²) in [5, 5.41) is 0. The van der Waals surface area contributed by atoms with E-state index in [-0.39, 0.29) is 4.90 Å². The van der Waals surface area contributed by atoms with Crippen LogP contribution >= 0.6 is 0 Å². The molecule has 140 valence electrons. The van der Waals surface area contributed by atoms with Crippen LogP contribution in [0.2, 0.25) is 0 Å². The summed E-state index contributed by atoms with van der Waals surface area (Å²) in [7, 11) is -3.79. The van der Waals surface area contributed by atoms with Crippen LogP contribution in [0.15, 0.2) is 77.7 Å². The minimum atomic E-state index is -3.79. The maximum absolute atomic E-state index is 12.6. The predicted molar refractivity (Wildman–Crippen MR) is 106 cm³/mol. The molecule has 1 heterocycles. The number of aryl methyl sites for hydroxylation is 1. The normalized spacial score (nSPS) is 13.5. The lowest BCUT2D eigenvalue weighted by molar-refractivity contribution is 0.0926. The number of hydrogen-bond donors (Lipinski definition) is 1. The number of hydrogen-bond acceptors (Lipinski definition) is 4.